The van der Waals surface area contributed by atoms with Crippen molar-refractivity contribution in [1.29, 1.82) is 0 Å². The molecule has 1 unspecified atom stereocenters. The fourth-order valence-electron chi connectivity index (χ4n) is 2.64. The highest BCUT2D eigenvalue weighted by atomic mass is 19.1. The Morgan fingerprint density at radius 2 is 2.24 bits per heavy atom. The highest BCUT2D eigenvalue weighted by Gasteiger charge is 2.23. The molecule has 4 N–H and O–H groups in total. The molecule has 21 heavy (non-hydrogen) atoms. The summed E-state index contributed by atoms with van der Waals surface area (Å²) < 4.78 is 14.2. The summed E-state index contributed by atoms with van der Waals surface area (Å²) in [6.07, 6.45) is 1.91. The molecular weight excluding hydrogens is 277 g/mol. The maximum Gasteiger partial charge on any atom is 0.341 e. The number of anilines is 1. The molecule has 2 aromatic rings. The normalized spacial score (nSPS) is 18.4. The van der Waals surface area contributed by atoms with Crippen molar-refractivity contribution in [2.24, 2.45) is 5.73 Å². The number of carboxylic acids is 1. The van der Waals surface area contributed by atoms with Crippen molar-refractivity contribution in [2.75, 3.05) is 18.0 Å². The Morgan fingerprint density at radius 3 is 2.86 bits per heavy atom. The highest BCUT2D eigenvalue weighted by molar-refractivity contribution is 5.93. The van der Waals surface area contributed by atoms with Crippen molar-refractivity contribution < 1.29 is 14.3 Å². The number of fused-ring (bicyclic) bond motifs is 1. The molecule has 1 aliphatic rings. The molecule has 2 heterocycles. The van der Waals surface area contributed by atoms with Crippen LogP contribution in [0.1, 0.15) is 16.8 Å². The zero-order chi connectivity index (χ0) is 15.1. The molecule has 1 fully saturated rings. The smallest absolute Gasteiger partial charge is 0.341 e. The Kier molecular flexibility index (Phi) is 3.13. The third-order valence-electron chi connectivity index (χ3n) is 3.74. The van der Waals surface area contributed by atoms with Crippen LogP contribution in [0.2, 0.25) is 0 Å². The van der Waals surface area contributed by atoms with Crippen LogP contribution in [0.25, 0.3) is 10.9 Å². The maximum absolute atomic E-state index is 14.2. The zero-order valence-electron chi connectivity index (χ0n) is 11.1. The number of halogens is 1. The number of aromatic carboxylic acids is 1. The van der Waals surface area contributed by atoms with Crippen molar-refractivity contribution in [3.05, 3.63) is 39.9 Å². The van der Waals surface area contributed by atoms with Gasteiger partial charge in [0.15, 0.2) is 0 Å². The van der Waals surface area contributed by atoms with E-state index in [1.165, 1.54) is 6.07 Å². The number of nitrogens with one attached hydrogen (secondary N) is 1. The van der Waals surface area contributed by atoms with Gasteiger partial charge in [0.25, 0.3) is 0 Å². The van der Waals surface area contributed by atoms with Gasteiger partial charge < -0.3 is 20.7 Å². The minimum absolute atomic E-state index is 0.00790. The van der Waals surface area contributed by atoms with Crippen LogP contribution in [0, 0.1) is 5.82 Å². The zero-order valence-corrected chi connectivity index (χ0v) is 11.1. The maximum atomic E-state index is 14.2. The van der Waals surface area contributed by atoms with Gasteiger partial charge in [-0.05, 0) is 18.6 Å². The Hall–Kier alpha value is -2.41. The van der Waals surface area contributed by atoms with Gasteiger partial charge in [0.2, 0.25) is 5.43 Å². The van der Waals surface area contributed by atoms with E-state index in [0.29, 0.717) is 24.3 Å². The van der Waals surface area contributed by atoms with E-state index in [4.69, 9.17) is 10.8 Å². The second-order valence-corrected chi connectivity index (χ2v) is 5.18. The average molecular weight is 291 g/mol. The number of carbonyl (C=O) groups is 1. The van der Waals surface area contributed by atoms with E-state index in [2.05, 4.69) is 4.98 Å². The van der Waals surface area contributed by atoms with Crippen molar-refractivity contribution >= 4 is 22.6 Å². The van der Waals surface area contributed by atoms with Crippen LogP contribution in [0.3, 0.4) is 0 Å². The van der Waals surface area contributed by atoms with Gasteiger partial charge in [-0.1, -0.05) is 0 Å². The van der Waals surface area contributed by atoms with E-state index in [1.807, 2.05) is 4.90 Å². The number of aromatic nitrogens is 1. The molecule has 1 aliphatic heterocycles. The number of carboxylic acid groups (broad SMARTS) is 1. The van der Waals surface area contributed by atoms with Crippen LogP contribution in [0.4, 0.5) is 10.1 Å². The van der Waals surface area contributed by atoms with E-state index in [0.717, 1.165) is 18.7 Å². The van der Waals surface area contributed by atoms with Crippen molar-refractivity contribution in [3.63, 3.8) is 0 Å². The number of nitrogens with zero attached hydrogens (tertiary/aromatic N) is 1. The van der Waals surface area contributed by atoms with Crippen LogP contribution in [-0.4, -0.2) is 35.2 Å². The molecule has 0 radical (unpaired) electrons. The molecule has 0 saturated carbocycles. The molecule has 1 aromatic heterocycles. The number of benzene rings is 1. The third-order valence-corrected chi connectivity index (χ3v) is 3.74. The molecule has 1 saturated heterocycles. The number of hydrogen-bond donors (Lipinski definition) is 3. The highest BCUT2D eigenvalue weighted by Crippen LogP contribution is 2.26. The largest absolute Gasteiger partial charge is 0.477 e. The van der Waals surface area contributed by atoms with Crippen molar-refractivity contribution in [1.82, 2.24) is 4.98 Å². The van der Waals surface area contributed by atoms with Gasteiger partial charge in [-0.2, -0.15) is 0 Å². The Bertz CT molecular complexity index is 787. The van der Waals surface area contributed by atoms with Crippen LogP contribution in [0.15, 0.2) is 23.1 Å². The topological polar surface area (TPSA) is 99.4 Å². The van der Waals surface area contributed by atoms with Gasteiger partial charge >= 0.3 is 5.97 Å². The first-order valence-electron chi connectivity index (χ1n) is 6.56. The Labute approximate surface area is 119 Å². The predicted molar refractivity (Wildman–Crippen MR) is 76.3 cm³/mol. The lowest BCUT2D eigenvalue weighted by Crippen LogP contribution is -2.27. The minimum Gasteiger partial charge on any atom is -0.477 e. The van der Waals surface area contributed by atoms with Gasteiger partial charge in [-0.3, -0.25) is 4.79 Å². The Morgan fingerprint density at radius 1 is 1.48 bits per heavy atom. The Balaban J connectivity index is 2.15. The number of pyridine rings is 1. The number of nitrogens with two attached hydrogens (primary N) is 1. The predicted octanol–water partition coefficient (Wildman–Crippen LogP) is 0.903. The molecule has 7 heteroatoms. The first-order valence-corrected chi connectivity index (χ1v) is 6.56. The van der Waals surface area contributed by atoms with Gasteiger partial charge in [-0.25, -0.2) is 9.18 Å². The standard InChI is InChI=1S/C14H14FN3O3/c15-10-3-8-11(17-5-9(13(8)19)14(20)21)4-12(10)18-2-1-7(16)6-18/h3-5,7H,1-2,6,16H2,(H,17,19)(H,20,21). The quantitative estimate of drug-likeness (QED) is 0.763. The summed E-state index contributed by atoms with van der Waals surface area (Å²) in [6.45, 7) is 1.21. The minimum atomic E-state index is -1.34. The van der Waals surface area contributed by atoms with Crippen LogP contribution in [0.5, 0.6) is 0 Å². The summed E-state index contributed by atoms with van der Waals surface area (Å²) in [4.78, 5) is 27.5. The van der Waals surface area contributed by atoms with Crippen LogP contribution in [-0.2, 0) is 0 Å². The lowest BCUT2D eigenvalue weighted by molar-refractivity contribution is 0.0695. The second-order valence-electron chi connectivity index (χ2n) is 5.18. The van der Waals surface area contributed by atoms with Crippen molar-refractivity contribution in [2.45, 2.75) is 12.5 Å². The third kappa shape index (κ3) is 2.25. The number of H-pyrrole nitrogens is 1. The van der Waals surface area contributed by atoms with Crippen LogP contribution < -0.4 is 16.1 Å². The summed E-state index contributed by atoms with van der Waals surface area (Å²) in [6, 6.07) is 2.61. The van der Waals surface area contributed by atoms with Gasteiger partial charge in [0.05, 0.1) is 11.2 Å². The summed E-state index contributed by atoms with van der Waals surface area (Å²) in [7, 11) is 0. The van der Waals surface area contributed by atoms with Gasteiger partial charge in [-0.15, -0.1) is 0 Å². The monoisotopic (exact) mass is 291 g/mol. The van der Waals surface area contributed by atoms with Gasteiger partial charge in [0.1, 0.15) is 11.4 Å². The summed E-state index contributed by atoms with van der Waals surface area (Å²) in [5.74, 6) is -1.89. The second kappa shape index (κ2) is 4.85. The van der Waals surface area contributed by atoms with Crippen molar-refractivity contribution in [3.8, 4) is 0 Å². The average Bonchev–Trinajstić information content (AvgIpc) is 2.85. The molecule has 1 aromatic carbocycles. The summed E-state index contributed by atoms with van der Waals surface area (Å²) in [5, 5.41) is 8.94. The lowest BCUT2D eigenvalue weighted by Gasteiger charge is -2.19. The molecule has 0 bridgehead atoms. The first kappa shape index (κ1) is 13.6. The fraction of sp³-hybridized carbons (Fsp3) is 0.286. The van der Waals surface area contributed by atoms with Gasteiger partial charge in [0, 0.05) is 30.7 Å². The fourth-order valence-corrected chi connectivity index (χ4v) is 2.64. The first-order chi connectivity index (χ1) is 9.97. The van der Waals surface area contributed by atoms with E-state index < -0.39 is 22.8 Å². The summed E-state index contributed by atoms with van der Waals surface area (Å²) >= 11 is 0. The molecular formula is C14H14FN3O3. The van der Waals surface area contributed by atoms with Crippen LogP contribution >= 0.6 is 0 Å². The number of hydrogen-bond acceptors (Lipinski definition) is 4. The molecule has 0 spiro atoms. The molecule has 6 nitrogen and oxygen atoms in total. The molecule has 0 aliphatic carbocycles. The molecule has 0 amide bonds. The van der Waals surface area contributed by atoms with E-state index in [1.54, 1.807) is 0 Å². The number of rotatable bonds is 2. The van der Waals surface area contributed by atoms with E-state index in [-0.39, 0.29) is 11.4 Å². The molecule has 110 valence electrons. The molecule has 1 atom stereocenters. The molecule has 3 rings (SSSR count). The number of aromatic amines is 1. The summed E-state index contributed by atoms with van der Waals surface area (Å²) in [5.41, 5.74) is 5.49. The van der Waals surface area contributed by atoms with E-state index >= 15 is 0 Å². The van der Waals surface area contributed by atoms with E-state index in [9.17, 15) is 14.0 Å². The lowest BCUT2D eigenvalue weighted by atomic mass is 10.1. The SMILES string of the molecule is NC1CCN(c2cc3[nH]cc(C(=O)O)c(=O)c3cc2F)C1.